The van der Waals surface area contributed by atoms with Crippen LogP contribution in [0.4, 0.5) is 23.7 Å². The topological polar surface area (TPSA) is 41.6 Å². The van der Waals surface area contributed by atoms with Gasteiger partial charge in [-0.25, -0.2) is 4.79 Å². The number of amides is 1. The molecular weight excluding hydrogens is 353 g/mol. The van der Waals surface area contributed by atoms with E-state index in [-0.39, 0.29) is 0 Å². The van der Waals surface area contributed by atoms with Gasteiger partial charge in [-0.1, -0.05) is 24.8 Å². The van der Waals surface area contributed by atoms with E-state index in [4.69, 9.17) is 4.74 Å². The zero-order valence-electron chi connectivity index (χ0n) is 14.5. The van der Waals surface area contributed by atoms with Crippen LogP contribution in [0.15, 0.2) is 35.4 Å². The summed E-state index contributed by atoms with van der Waals surface area (Å²) in [5.41, 5.74) is -1.60. The summed E-state index contributed by atoms with van der Waals surface area (Å²) < 4.78 is 44.1. The number of hydrogen-bond donors (Lipinski definition) is 1. The van der Waals surface area contributed by atoms with Crippen LogP contribution in [0.5, 0.6) is 0 Å². The van der Waals surface area contributed by atoms with Crippen molar-refractivity contribution in [1.29, 1.82) is 0 Å². The molecule has 1 aliphatic heterocycles. The number of anilines is 1. The Hall–Kier alpha value is -1.83. The van der Waals surface area contributed by atoms with Crippen molar-refractivity contribution in [3.63, 3.8) is 0 Å². The number of carbonyl (C=O) groups excluding carboxylic acids is 1. The molecule has 0 radical (unpaired) electrons. The van der Waals surface area contributed by atoms with Crippen molar-refractivity contribution in [2.24, 2.45) is 0 Å². The van der Waals surface area contributed by atoms with E-state index < -0.39 is 28.9 Å². The Kier molecular flexibility index (Phi) is 5.61. The van der Waals surface area contributed by atoms with Crippen LogP contribution in [0.3, 0.4) is 0 Å². The highest BCUT2D eigenvalue weighted by molar-refractivity contribution is 8.04. The smallest absolute Gasteiger partial charge is 0.416 e. The number of rotatable bonds is 3. The summed E-state index contributed by atoms with van der Waals surface area (Å²) in [6.07, 6.45) is -2.57. The summed E-state index contributed by atoms with van der Waals surface area (Å²) in [6.45, 7) is 7.18. The second kappa shape index (κ2) is 7.19. The van der Waals surface area contributed by atoms with Crippen molar-refractivity contribution < 1.29 is 22.7 Å². The minimum Gasteiger partial charge on any atom is -0.444 e. The minimum absolute atomic E-state index is 0.354. The van der Waals surface area contributed by atoms with Crippen molar-refractivity contribution in [2.75, 3.05) is 4.90 Å². The lowest BCUT2D eigenvalue weighted by molar-refractivity contribution is -0.137. The van der Waals surface area contributed by atoms with Crippen molar-refractivity contribution >= 4 is 23.5 Å². The van der Waals surface area contributed by atoms with Crippen molar-refractivity contribution in [3.8, 4) is 0 Å². The number of nitrogens with zero attached hydrogens (tertiary/aromatic N) is 1. The molecule has 0 bridgehead atoms. The van der Waals surface area contributed by atoms with Gasteiger partial charge < -0.3 is 9.64 Å². The predicted molar refractivity (Wildman–Crippen MR) is 93.0 cm³/mol. The molecule has 138 valence electrons. The Labute approximate surface area is 149 Å². The van der Waals surface area contributed by atoms with E-state index in [0.29, 0.717) is 12.1 Å². The number of nitrogens with one attached hydrogen (secondary N) is 1. The Morgan fingerprint density at radius 3 is 2.56 bits per heavy atom. The number of alkyl halides is 3. The standard InChI is InChI=1S/C17H21F3N2O2S/c1-5-13-10-22(12-8-6-7-11(9-12)17(18,19)20)14(25-13)21-15(23)24-16(2,3)4/h6-10,14H,5H2,1-4H3,(H,21,23). The average Bonchev–Trinajstić information content (AvgIpc) is 2.87. The van der Waals surface area contributed by atoms with Crippen LogP contribution in [0.1, 0.15) is 39.7 Å². The lowest BCUT2D eigenvalue weighted by Crippen LogP contribution is -2.44. The maximum atomic E-state index is 13.0. The maximum absolute atomic E-state index is 13.0. The number of ether oxygens (including phenoxy) is 1. The van der Waals surface area contributed by atoms with E-state index in [1.807, 2.05) is 6.92 Å². The van der Waals surface area contributed by atoms with Crippen molar-refractivity contribution in [2.45, 2.75) is 51.4 Å². The Morgan fingerprint density at radius 2 is 2.00 bits per heavy atom. The van der Waals surface area contributed by atoms with E-state index >= 15 is 0 Å². The number of thioether (sulfide) groups is 1. The van der Waals surface area contributed by atoms with Crippen LogP contribution in [0.2, 0.25) is 0 Å². The van der Waals surface area contributed by atoms with Gasteiger partial charge in [0.1, 0.15) is 5.60 Å². The van der Waals surface area contributed by atoms with Gasteiger partial charge in [0.15, 0.2) is 5.50 Å². The van der Waals surface area contributed by atoms with Gasteiger partial charge in [0.2, 0.25) is 0 Å². The molecule has 2 rings (SSSR count). The van der Waals surface area contributed by atoms with Crippen LogP contribution in [-0.4, -0.2) is 17.2 Å². The van der Waals surface area contributed by atoms with E-state index in [9.17, 15) is 18.0 Å². The third-order valence-corrected chi connectivity index (χ3v) is 4.52. The monoisotopic (exact) mass is 374 g/mol. The summed E-state index contributed by atoms with van der Waals surface area (Å²) in [5, 5.41) is 2.70. The highest BCUT2D eigenvalue weighted by Crippen LogP contribution is 2.38. The number of allylic oxidation sites excluding steroid dienone is 1. The van der Waals surface area contributed by atoms with Crippen LogP contribution in [0, 0.1) is 0 Å². The summed E-state index contributed by atoms with van der Waals surface area (Å²) in [5.74, 6) is 0. The van der Waals surface area contributed by atoms with E-state index in [0.717, 1.165) is 17.0 Å². The molecule has 1 aliphatic rings. The number of halogens is 3. The Morgan fingerprint density at radius 1 is 1.32 bits per heavy atom. The first kappa shape index (κ1) is 19.5. The van der Waals surface area contributed by atoms with Gasteiger partial charge >= 0.3 is 12.3 Å². The molecule has 1 aromatic carbocycles. The molecule has 0 fully saturated rings. The fourth-order valence-electron chi connectivity index (χ4n) is 2.19. The van der Waals surface area contributed by atoms with Crippen LogP contribution in [-0.2, 0) is 10.9 Å². The molecular formula is C17H21F3N2O2S. The molecule has 4 nitrogen and oxygen atoms in total. The third kappa shape index (κ3) is 5.32. The van der Waals surface area contributed by atoms with E-state index in [2.05, 4.69) is 5.32 Å². The van der Waals surface area contributed by atoms with Crippen LogP contribution < -0.4 is 10.2 Å². The normalized spacial score (nSPS) is 18.1. The second-order valence-corrected chi connectivity index (χ2v) is 7.73. The second-order valence-electron chi connectivity index (χ2n) is 6.52. The first-order valence-electron chi connectivity index (χ1n) is 7.82. The van der Waals surface area contributed by atoms with Crippen molar-refractivity contribution in [3.05, 3.63) is 40.9 Å². The fraction of sp³-hybridized carbons (Fsp3) is 0.471. The molecule has 1 aromatic rings. The number of benzene rings is 1. The third-order valence-electron chi connectivity index (χ3n) is 3.26. The first-order chi connectivity index (χ1) is 11.5. The van der Waals surface area contributed by atoms with Crippen molar-refractivity contribution in [1.82, 2.24) is 5.32 Å². The quantitative estimate of drug-likeness (QED) is 0.778. The molecule has 0 aromatic heterocycles. The van der Waals surface area contributed by atoms with Gasteiger partial charge in [-0.05, 0) is 45.4 Å². The molecule has 0 saturated heterocycles. The summed E-state index contributed by atoms with van der Waals surface area (Å²) in [4.78, 5) is 14.6. The van der Waals surface area contributed by atoms with E-state index in [1.54, 1.807) is 37.9 Å². The first-order valence-corrected chi connectivity index (χ1v) is 8.70. The molecule has 1 atom stereocenters. The summed E-state index contributed by atoms with van der Waals surface area (Å²) in [6, 6.07) is 5.02. The van der Waals surface area contributed by atoms with Gasteiger partial charge in [-0.15, -0.1) is 0 Å². The predicted octanol–water partition coefficient (Wildman–Crippen LogP) is 5.32. The Bertz CT molecular complexity index is 669. The van der Waals surface area contributed by atoms with Gasteiger partial charge in [-0.3, -0.25) is 5.32 Å². The molecule has 1 N–H and O–H groups in total. The van der Waals surface area contributed by atoms with Gasteiger partial charge in [0.25, 0.3) is 0 Å². The van der Waals surface area contributed by atoms with Crippen LogP contribution in [0.25, 0.3) is 0 Å². The number of hydrogen-bond acceptors (Lipinski definition) is 4. The lowest BCUT2D eigenvalue weighted by atomic mass is 10.2. The molecule has 1 unspecified atom stereocenters. The molecule has 8 heteroatoms. The summed E-state index contributed by atoms with van der Waals surface area (Å²) in [7, 11) is 0. The van der Waals surface area contributed by atoms with E-state index in [1.165, 1.54) is 17.8 Å². The maximum Gasteiger partial charge on any atom is 0.416 e. The molecule has 1 amide bonds. The zero-order valence-corrected chi connectivity index (χ0v) is 15.3. The minimum atomic E-state index is -4.42. The highest BCUT2D eigenvalue weighted by atomic mass is 32.2. The fourth-order valence-corrected chi connectivity index (χ4v) is 3.27. The van der Waals surface area contributed by atoms with Gasteiger partial charge in [0, 0.05) is 16.8 Å². The SMILES string of the molecule is CCC1=CN(c2cccc(C(F)(F)F)c2)C(NC(=O)OC(C)(C)C)S1. The molecule has 0 aliphatic carbocycles. The average molecular weight is 374 g/mol. The molecule has 1 heterocycles. The van der Waals surface area contributed by atoms with Gasteiger partial charge in [0.05, 0.1) is 5.56 Å². The molecule has 0 saturated carbocycles. The largest absolute Gasteiger partial charge is 0.444 e. The molecule has 25 heavy (non-hydrogen) atoms. The molecule has 0 spiro atoms. The highest BCUT2D eigenvalue weighted by Gasteiger charge is 2.33. The lowest BCUT2D eigenvalue weighted by Gasteiger charge is -2.27. The van der Waals surface area contributed by atoms with Crippen LogP contribution >= 0.6 is 11.8 Å². The number of carbonyl (C=O) groups is 1. The summed E-state index contributed by atoms with van der Waals surface area (Å²) >= 11 is 1.38. The zero-order chi connectivity index (χ0) is 18.8. The van der Waals surface area contributed by atoms with Gasteiger partial charge in [-0.2, -0.15) is 13.2 Å². The Balaban J connectivity index is 2.23. The number of alkyl carbamates (subject to hydrolysis) is 1.